The number of anilines is 3. The van der Waals surface area contributed by atoms with Crippen molar-refractivity contribution in [3.05, 3.63) is 255 Å². The van der Waals surface area contributed by atoms with E-state index in [-0.39, 0.29) is 0 Å². The molecule has 314 valence electrons. The average molecular weight is 855 g/mol. The zero-order valence-corrected chi connectivity index (χ0v) is 36.6. The third-order valence-corrected chi connectivity index (χ3v) is 13.4. The van der Waals surface area contributed by atoms with Crippen molar-refractivity contribution in [1.82, 2.24) is 4.57 Å². The van der Waals surface area contributed by atoms with Crippen LogP contribution >= 0.6 is 0 Å². The molecule has 13 rings (SSSR count). The fourth-order valence-electron chi connectivity index (χ4n) is 10.3. The van der Waals surface area contributed by atoms with Gasteiger partial charge >= 0.3 is 0 Å². The van der Waals surface area contributed by atoms with Crippen molar-refractivity contribution < 1.29 is 4.42 Å². The fraction of sp³-hybridized carbons (Fsp3) is 0. The van der Waals surface area contributed by atoms with E-state index in [2.05, 4.69) is 264 Å². The predicted octanol–water partition coefficient (Wildman–Crippen LogP) is 18.0. The summed E-state index contributed by atoms with van der Waals surface area (Å²) >= 11 is 0. The molecular weight excluding hydrogens is 813 g/mol. The highest BCUT2D eigenvalue weighted by atomic mass is 16.3. The molecule has 0 aliphatic carbocycles. The van der Waals surface area contributed by atoms with E-state index in [1.807, 2.05) is 0 Å². The summed E-state index contributed by atoms with van der Waals surface area (Å²) in [4.78, 5) is 2.34. The molecule has 0 unspecified atom stereocenters. The normalized spacial score (nSPS) is 11.6. The van der Waals surface area contributed by atoms with Crippen LogP contribution in [0.3, 0.4) is 0 Å². The maximum absolute atomic E-state index is 6.80. The largest absolute Gasteiger partial charge is 0.455 e. The molecule has 3 nitrogen and oxygen atoms in total. The van der Waals surface area contributed by atoms with Crippen LogP contribution in [0.5, 0.6) is 0 Å². The Labute approximate surface area is 388 Å². The van der Waals surface area contributed by atoms with Crippen LogP contribution in [0.1, 0.15) is 0 Å². The Bertz CT molecular complexity index is 3880. The lowest BCUT2D eigenvalue weighted by atomic mass is 9.91. The van der Waals surface area contributed by atoms with Gasteiger partial charge in [-0.15, -0.1) is 0 Å². The smallest absolute Gasteiger partial charge is 0.143 e. The van der Waals surface area contributed by atoms with Gasteiger partial charge in [0, 0.05) is 55.9 Å². The molecule has 0 saturated carbocycles. The number of furan rings is 1. The van der Waals surface area contributed by atoms with E-state index in [4.69, 9.17) is 4.42 Å². The summed E-state index contributed by atoms with van der Waals surface area (Å²) in [5.74, 6) is 0. The Morgan fingerprint density at radius 1 is 0.313 bits per heavy atom. The van der Waals surface area contributed by atoms with E-state index in [9.17, 15) is 0 Å². The Kier molecular flexibility index (Phi) is 9.17. The van der Waals surface area contributed by atoms with Gasteiger partial charge in [-0.25, -0.2) is 0 Å². The summed E-state index contributed by atoms with van der Waals surface area (Å²) in [5.41, 5.74) is 17.8. The highest BCUT2D eigenvalue weighted by Crippen LogP contribution is 2.43. The molecule has 2 aromatic heterocycles. The monoisotopic (exact) mass is 854 g/mol. The summed E-state index contributed by atoms with van der Waals surface area (Å²) in [5, 5.41) is 7.21. The summed E-state index contributed by atoms with van der Waals surface area (Å²) < 4.78 is 9.16. The van der Waals surface area contributed by atoms with Crippen LogP contribution in [0.2, 0.25) is 0 Å². The maximum Gasteiger partial charge on any atom is 0.143 e. The second-order valence-corrected chi connectivity index (χ2v) is 17.3. The first kappa shape index (κ1) is 38.5. The number of rotatable bonds is 8. The molecule has 2 heterocycles. The van der Waals surface area contributed by atoms with E-state index in [1.54, 1.807) is 0 Å². The van der Waals surface area contributed by atoms with E-state index < -0.39 is 0 Å². The number of nitrogens with zero attached hydrogens (tertiary/aromatic N) is 2. The average Bonchev–Trinajstić information content (AvgIpc) is 3.95. The first-order valence-electron chi connectivity index (χ1n) is 22.9. The standard InChI is InChI=1S/C64H42N2O/c1-3-14-45(15-4-1)53-22-11-18-48-19-12-23-54(63(48)53)47-32-38-50(39-33-47)65(52-40-41-58-59-25-13-24-55(46-16-5-2-6-17-46)64(59)67-62(58)42-52)49-34-28-43(29-35-49)44-30-36-51(37-31-44)66-60-26-9-7-20-56(60)57-21-8-10-27-61(57)66/h1-42H. The minimum Gasteiger partial charge on any atom is -0.455 e. The van der Waals surface area contributed by atoms with Crippen LogP contribution in [0.15, 0.2) is 259 Å². The molecule has 3 heteroatoms. The van der Waals surface area contributed by atoms with Gasteiger partial charge in [0.15, 0.2) is 0 Å². The number of aromatic nitrogens is 1. The third-order valence-electron chi connectivity index (χ3n) is 13.4. The van der Waals surface area contributed by atoms with Crippen LogP contribution in [-0.2, 0) is 0 Å². The Balaban J connectivity index is 0.902. The van der Waals surface area contributed by atoms with Gasteiger partial charge in [-0.1, -0.05) is 188 Å². The molecule has 0 bridgehead atoms. The Hall–Kier alpha value is -8.92. The molecule has 67 heavy (non-hydrogen) atoms. The van der Waals surface area contributed by atoms with Crippen molar-refractivity contribution >= 4 is 71.6 Å². The lowest BCUT2D eigenvalue weighted by Crippen LogP contribution is -2.09. The first-order valence-corrected chi connectivity index (χ1v) is 22.9. The zero-order valence-electron chi connectivity index (χ0n) is 36.6. The Morgan fingerprint density at radius 2 is 0.776 bits per heavy atom. The second-order valence-electron chi connectivity index (χ2n) is 17.3. The van der Waals surface area contributed by atoms with Crippen LogP contribution in [0, 0.1) is 0 Å². The van der Waals surface area contributed by atoms with Crippen molar-refractivity contribution in [2.75, 3.05) is 4.90 Å². The number of fused-ring (bicyclic) bond motifs is 7. The highest BCUT2D eigenvalue weighted by molar-refractivity contribution is 6.11. The molecule has 0 aliphatic rings. The van der Waals surface area contributed by atoms with Crippen LogP contribution in [0.25, 0.3) is 105 Å². The molecular formula is C64H42N2O. The van der Waals surface area contributed by atoms with E-state index in [1.165, 1.54) is 54.8 Å². The van der Waals surface area contributed by atoms with Crippen LogP contribution in [0.4, 0.5) is 17.1 Å². The molecule has 0 spiro atoms. The molecule has 0 amide bonds. The molecule has 0 N–H and O–H groups in total. The number of para-hydroxylation sites is 3. The fourth-order valence-corrected chi connectivity index (χ4v) is 10.3. The van der Waals surface area contributed by atoms with E-state index >= 15 is 0 Å². The van der Waals surface area contributed by atoms with Crippen molar-refractivity contribution in [3.8, 4) is 50.2 Å². The van der Waals surface area contributed by atoms with Gasteiger partial charge in [-0.2, -0.15) is 0 Å². The van der Waals surface area contributed by atoms with Crippen molar-refractivity contribution in [1.29, 1.82) is 0 Å². The van der Waals surface area contributed by atoms with Crippen molar-refractivity contribution in [2.45, 2.75) is 0 Å². The molecule has 0 fully saturated rings. The topological polar surface area (TPSA) is 21.3 Å². The molecule has 11 aromatic carbocycles. The summed E-state index contributed by atoms with van der Waals surface area (Å²) in [7, 11) is 0. The van der Waals surface area contributed by atoms with Crippen LogP contribution in [-0.4, -0.2) is 4.57 Å². The lowest BCUT2D eigenvalue weighted by Gasteiger charge is -2.26. The van der Waals surface area contributed by atoms with Crippen molar-refractivity contribution in [2.24, 2.45) is 0 Å². The Morgan fingerprint density at radius 3 is 1.39 bits per heavy atom. The van der Waals surface area contributed by atoms with Crippen LogP contribution < -0.4 is 4.90 Å². The maximum atomic E-state index is 6.80. The number of hydrogen-bond donors (Lipinski definition) is 0. The minimum absolute atomic E-state index is 0.849. The van der Waals surface area contributed by atoms with Gasteiger partial charge in [0.1, 0.15) is 11.2 Å². The lowest BCUT2D eigenvalue weighted by molar-refractivity contribution is 0.670. The predicted molar refractivity (Wildman–Crippen MR) is 282 cm³/mol. The van der Waals surface area contributed by atoms with Gasteiger partial charge in [0.25, 0.3) is 0 Å². The zero-order chi connectivity index (χ0) is 44.3. The van der Waals surface area contributed by atoms with Gasteiger partial charge in [-0.3, -0.25) is 0 Å². The first-order chi connectivity index (χ1) is 33.2. The number of hydrogen-bond acceptors (Lipinski definition) is 2. The molecule has 13 aromatic rings. The number of benzene rings is 11. The second kappa shape index (κ2) is 16.0. The molecule has 0 radical (unpaired) electrons. The van der Waals surface area contributed by atoms with E-state index in [0.29, 0.717) is 0 Å². The molecule has 0 atom stereocenters. The van der Waals surface area contributed by atoms with Gasteiger partial charge in [-0.05, 0) is 110 Å². The SMILES string of the molecule is c1ccc(-c2cccc3c2oc2cc(N(c4ccc(-c5ccc(-n6c7ccccc7c7ccccc76)cc5)cc4)c4ccc(-c5cccc6cccc(-c7ccccc7)c56)cc4)ccc23)cc1. The van der Waals surface area contributed by atoms with Gasteiger partial charge in [0.2, 0.25) is 0 Å². The highest BCUT2D eigenvalue weighted by Gasteiger charge is 2.19. The van der Waals surface area contributed by atoms with Gasteiger partial charge in [0.05, 0.1) is 11.0 Å². The molecule has 0 saturated heterocycles. The van der Waals surface area contributed by atoms with Gasteiger partial charge < -0.3 is 13.9 Å². The molecule has 0 aliphatic heterocycles. The quantitative estimate of drug-likeness (QED) is 0.152. The van der Waals surface area contributed by atoms with Crippen molar-refractivity contribution in [3.63, 3.8) is 0 Å². The summed E-state index contributed by atoms with van der Waals surface area (Å²) in [6.07, 6.45) is 0. The van der Waals surface area contributed by atoms with E-state index in [0.717, 1.165) is 66.9 Å². The summed E-state index contributed by atoms with van der Waals surface area (Å²) in [6.45, 7) is 0. The third kappa shape index (κ3) is 6.59. The summed E-state index contributed by atoms with van der Waals surface area (Å²) in [6, 6.07) is 91.7. The minimum atomic E-state index is 0.849.